The summed E-state index contributed by atoms with van der Waals surface area (Å²) < 4.78 is 6.73. The summed E-state index contributed by atoms with van der Waals surface area (Å²) >= 11 is 0. The van der Waals surface area contributed by atoms with Gasteiger partial charge in [0.2, 0.25) is 0 Å². The van der Waals surface area contributed by atoms with Crippen molar-refractivity contribution in [3.63, 3.8) is 0 Å². The van der Waals surface area contributed by atoms with Crippen LogP contribution in [-0.4, -0.2) is 54.3 Å². The molecule has 1 aliphatic rings. The van der Waals surface area contributed by atoms with E-state index in [0.717, 1.165) is 32.8 Å². The maximum atomic E-state index is 12.1. The van der Waals surface area contributed by atoms with Gasteiger partial charge in [-0.15, -0.1) is 0 Å². The summed E-state index contributed by atoms with van der Waals surface area (Å²) in [5, 5.41) is 2.92. The third-order valence-electron chi connectivity index (χ3n) is 3.38. The van der Waals surface area contributed by atoms with Crippen molar-refractivity contribution in [1.82, 2.24) is 14.8 Å². The standard InChI is InChI=1S/C14H21N3O3/c1-11(10-17-5-7-20-8-6-17)15-14(19)12-3-4-16(2)13(18)9-12/h3-4,9,11H,5-8,10H2,1-2H3,(H,15,19). The lowest BCUT2D eigenvalue weighted by molar-refractivity contribution is 0.0342. The lowest BCUT2D eigenvalue weighted by atomic mass is 10.2. The normalized spacial score (nSPS) is 17.7. The average Bonchev–Trinajstić information content (AvgIpc) is 2.42. The largest absolute Gasteiger partial charge is 0.379 e. The highest BCUT2D eigenvalue weighted by atomic mass is 16.5. The molecule has 110 valence electrons. The molecule has 6 heteroatoms. The minimum absolute atomic E-state index is 0.0321. The molecule has 0 bridgehead atoms. The molecule has 0 aliphatic carbocycles. The van der Waals surface area contributed by atoms with Gasteiger partial charge in [0, 0.05) is 50.6 Å². The van der Waals surface area contributed by atoms with E-state index in [1.165, 1.54) is 10.6 Å². The Bertz CT molecular complexity index is 521. The molecule has 1 unspecified atom stereocenters. The van der Waals surface area contributed by atoms with Crippen molar-refractivity contribution in [2.45, 2.75) is 13.0 Å². The topological polar surface area (TPSA) is 63.6 Å². The first-order valence-corrected chi connectivity index (χ1v) is 6.84. The molecule has 1 aromatic rings. The summed E-state index contributed by atoms with van der Waals surface area (Å²) in [5.41, 5.74) is 0.223. The molecule has 0 radical (unpaired) electrons. The minimum atomic E-state index is -0.205. The molecule has 6 nitrogen and oxygen atoms in total. The zero-order valence-electron chi connectivity index (χ0n) is 12.0. The molecule has 1 aliphatic heterocycles. The summed E-state index contributed by atoms with van der Waals surface area (Å²) in [6, 6.07) is 3.04. The fraction of sp³-hybridized carbons (Fsp3) is 0.571. The Balaban J connectivity index is 1.89. The van der Waals surface area contributed by atoms with Crippen LogP contribution in [0.4, 0.5) is 0 Å². The monoisotopic (exact) mass is 279 g/mol. The van der Waals surface area contributed by atoms with Gasteiger partial charge in [0.1, 0.15) is 0 Å². The van der Waals surface area contributed by atoms with Crippen LogP contribution in [0.2, 0.25) is 0 Å². The molecule has 0 aromatic carbocycles. The van der Waals surface area contributed by atoms with Gasteiger partial charge < -0.3 is 14.6 Å². The second kappa shape index (κ2) is 6.67. The number of nitrogens with zero attached hydrogens (tertiary/aromatic N) is 2. The van der Waals surface area contributed by atoms with Crippen LogP contribution >= 0.6 is 0 Å². The first-order chi connectivity index (χ1) is 9.56. The van der Waals surface area contributed by atoms with E-state index >= 15 is 0 Å². The third-order valence-corrected chi connectivity index (χ3v) is 3.38. The Labute approximate surface area is 118 Å². The SMILES string of the molecule is CC(CN1CCOCC1)NC(=O)c1ccn(C)c(=O)c1. The van der Waals surface area contributed by atoms with Gasteiger partial charge in [-0.25, -0.2) is 0 Å². The molecule has 20 heavy (non-hydrogen) atoms. The van der Waals surface area contributed by atoms with Crippen LogP contribution in [0, 0.1) is 0 Å². The first-order valence-electron chi connectivity index (χ1n) is 6.84. The maximum absolute atomic E-state index is 12.1. The highest BCUT2D eigenvalue weighted by Crippen LogP contribution is 2.00. The van der Waals surface area contributed by atoms with Gasteiger partial charge in [-0.1, -0.05) is 0 Å². The number of aromatic nitrogens is 1. The number of pyridine rings is 1. The molecule has 1 N–H and O–H groups in total. The lowest BCUT2D eigenvalue weighted by Crippen LogP contribution is -2.46. The number of nitrogens with one attached hydrogen (secondary N) is 1. The number of aryl methyl sites for hydroxylation is 1. The zero-order chi connectivity index (χ0) is 14.5. The third kappa shape index (κ3) is 3.91. The van der Waals surface area contributed by atoms with Gasteiger partial charge in [-0.05, 0) is 13.0 Å². The summed E-state index contributed by atoms with van der Waals surface area (Å²) in [7, 11) is 1.66. The fourth-order valence-electron chi connectivity index (χ4n) is 2.21. The van der Waals surface area contributed by atoms with E-state index in [1.807, 2.05) is 6.92 Å². The van der Waals surface area contributed by atoms with Crippen molar-refractivity contribution >= 4 is 5.91 Å². The van der Waals surface area contributed by atoms with Crippen molar-refractivity contribution in [2.24, 2.45) is 7.05 Å². The zero-order valence-corrected chi connectivity index (χ0v) is 12.0. The molecule has 1 saturated heterocycles. The highest BCUT2D eigenvalue weighted by Gasteiger charge is 2.16. The molecular weight excluding hydrogens is 258 g/mol. The van der Waals surface area contributed by atoms with E-state index in [-0.39, 0.29) is 17.5 Å². The Morgan fingerprint density at radius 3 is 2.80 bits per heavy atom. The second-order valence-corrected chi connectivity index (χ2v) is 5.15. The number of hydrogen-bond donors (Lipinski definition) is 1. The number of rotatable bonds is 4. The number of hydrogen-bond acceptors (Lipinski definition) is 4. The van der Waals surface area contributed by atoms with Crippen LogP contribution < -0.4 is 10.9 Å². The molecule has 1 fully saturated rings. The van der Waals surface area contributed by atoms with Crippen molar-refractivity contribution in [2.75, 3.05) is 32.8 Å². The molecular formula is C14H21N3O3. The van der Waals surface area contributed by atoms with Gasteiger partial charge in [0.25, 0.3) is 11.5 Å². The Hall–Kier alpha value is -1.66. The number of morpholine rings is 1. The Kier molecular flexibility index (Phi) is 4.92. The van der Waals surface area contributed by atoms with Gasteiger partial charge in [-0.2, -0.15) is 0 Å². The smallest absolute Gasteiger partial charge is 0.251 e. The predicted octanol–water partition coefficient (Wildman–Crippen LogP) is -0.164. The summed E-state index contributed by atoms with van der Waals surface area (Å²) in [6.07, 6.45) is 1.60. The first kappa shape index (κ1) is 14.7. The number of ether oxygens (including phenoxy) is 1. The molecule has 2 heterocycles. The van der Waals surface area contributed by atoms with E-state index in [1.54, 1.807) is 19.3 Å². The molecule has 1 amide bonds. The number of carbonyl (C=O) groups excluding carboxylic acids is 1. The Morgan fingerprint density at radius 1 is 1.45 bits per heavy atom. The van der Waals surface area contributed by atoms with Gasteiger partial charge in [0.05, 0.1) is 13.2 Å². The van der Waals surface area contributed by atoms with Crippen molar-refractivity contribution in [3.8, 4) is 0 Å². The molecule has 0 spiro atoms. The molecule has 1 aromatic heterocycles. The van der Waals surface area contributed by atoms with E-state index < -0.39 is 0 Å². The van der Waals surface area contributed by atoms with Gasteiger partial charge in [-0.3, -0.25) is 14.5 Å². The predicted molar refractivity (Wildman–Crippen MR) is 75.9 cm³/mol. The Morgan fingerprint density at radius 2 is 2.15 bits per heavy atom. The quantitative estimate of drug-likeness (QED) is 0.831. The van der Waals surface area contributed by atoms with Crippen LogP contribution in [0.15, 0.2) is 23.1 Å². The van der Waals surface area contributed by atoms with Crippen molar-refractivity contribution < 1.29 is 9.53 Å². The second-order valence-electron chi connectivity index (χ2n) is 5.15. The summed E-state index contributed by atoms with van der Waals surface area (Å²) in [4.78, 5) is 25.8. The maximum Gasteiger partial charge on any atom is 0.251 e. The number of amides is 1. The molecule has 1 atom stereocenters. The van der Waals surface area contributed by atoms with Crippen LogP contribution in [0.1, 0.15) is 17.3 Å². The molecule has 0 saturated carbocycles. The summed E-state index contributed by atoms with van der Waals surface area (Å²) in [6.45, 7) is 6.04. The van der Waals surface area contributed by atoms with E-state index in [4.69, 9.17) is 4.74 Å². The van der Waals surface area contributed by atoms with E-state index in [9.17, 15) is 9.59 Å². The van der Waals surface area contributed by atoms with Crippen molar-refractivity contribution in [1.29, 1.82) is 0 Å². The van der Waals surface area contributed by atoms with E-state index in [0.29, 0.717) is 5.56 Å². The summed E-state index contributed by atoms with van der Waals surface area (Å²) in [5.74, 6) is -0.205. The van der Waals surface area contributed by atoms with Crippen molar-refractivity contribution in [3.05, 3.63) is 34.2 Å². The lowest BCUT2D eigenvalue weighted by Gasteiger charge is -2.29. The fourth-order valence-corrected chi connectivity index (χ4v) is 2.21. The average molecular weight is 279 g/mol. The van der Waals surface area contributed by atoms with Crippen LogP contribution in [0.5, 0.6) is 0 Å². The van der Waals surface area contributed by atoms with Crippen LogP contribution in [0.3, 0.4) is 0 Å². The van der Waals surface area contributed by atoms with Gasteiger partial charge >= 0.3 is 0 Å². The van der Waals surface area contributed by atoms with E-state index in [2.05, 4.69) is 10.2 Å². The highest BCUT2D eigenvalue weighted by molar-refractivity contribution is 5.94. The number of carbonyl (C=O) groups is 1. The van der Waals surface area contributed by atoms with Gasteiger partial charge in [0.15, 0.2) is 0 Å². The minimum Gasteiger partial charge on any atom is -0.379 e. The van der Waals surface area contributed by atoms with Crippen LogP contribution in [0.25, 0.3) is 0 Å². The molecule has 2 rings (SSSR count). The van der Waals surface area contributed by atoms with Crippen LogP contribution in [-0.2, 0) is 11.8 Å².